The molecule has 1 aliphatic rings. The molecule has 191 valence electrons. The molecule has 36 heavy (non-hydrogen) atoms. The van der Waals surface area contributed by atoms with E-state index in [1.54, 1.807) is 26.2 Å². The van der Waals surface area contributed by atoms with Crippen LogP contribution in [0.3, 0.4) is 0 Å². The molecule has 0 aliphatic carbocycles. The van der Waals surface area contributed by atoms with Crippen LogP contribution in [0.4, 0.5) is 4.79 Å². The van der Waals surface area contributed by atoms with Crippen molar-refractivity contribution in [1.82, 2.24) is 14.9 Å². The lowest BCUT2D eigenvalue weighted by Crippen LogP contribution is -2.49. The van der Waals surface area contributed by atoms with Crippen LogP contribution in [0.2, 0.25) is 0 Å². The van der Waals surface area contributed by atoms with Gasteiger partial charge in [0.15, 0.2) is 0 Å². The molecule has 0 bridgehead atoms. The van der Waals surface area contributed by atoms with E-state index in [1.165, 1.54) is 0 Å². The maximum Gasteiger partial charge on any atom is 0.410 e. The van der Waals surface area contributed by atoms with Gasteiger partial charge in [0.1, 0.15) is 11.4 Å². The predicted molar refractivity (Wildman–Crippen MR) is 143 cm³/mol. The van der Waals surface area contributed by atoms with Crippen molar-refractivity contribution in [1.29, 1.82) is 0 Å². The standard InChI is InChI=1S/C28H37BN3O4/c1-26(2,3)35-25(33)32-14-8-9-23(32)24-30-17-22(31-24)20-11-10-19-16-21(13-12-18(19)15-20)29-36-28(6,7)27(4,5)34/h10-13,15-17,23,34H,8-9,14H2,1-7H3,(H,30,31)/t23-/m0/s1. The molecular weight excluding hydrogens is 453 g/mol. The van der Waals surface area contributed by atoms with Crippen LogP contribution < -0.4 is 5.46 Å². The van der Waals surface area contributed by atoms with E-state index in [1.807, 2.05) is 46.9 Å². The number of likely N-dealkylation sites (tertiary alicyclic amines) is 1. The predicted octanol–water partition coefficient (Wildman–Crippen LogP) is 5.11. The molecule has 2 N–H and O–H groups in total. The first kappa shape index (κ1) is 26.2. The van der Waals surface area contributed by atoms with Crippen molar-refractivity contribution >= 4 is 29.8 Å². The summed E-state index contributed by atoms with van der Waals surface area (Å²) in [6.45, 7) is 13.5. The van der Waals surface area contributed by atoms with Crippen molar-refractivity contribution in [3.8, 4) is 11.3 Å². The van der Waals surface area contributed by atoms with E-state index >= 15 is 0 Å². The second kappa shape index (κ2) is 9.56. The normalized spacial score (nSPS) is 17.0. The Morgan fingerprint density at radius 1 is 1.08 bits per heavy atom. The molecule has 2 aromatic carbocycles. The highest BCUT2D eigenvalue weighted by atomic mass is 16.6. The summed E-state index contributed by atoms with van der Waals surface area (Å²) in [6, 6.07) is 12.3. The van der Waals surface area contributed by atoms with E-state index in [2.05, 4.69) is 40.3 Å². The van der Waals surface area contributed by atoms with Crippen molar-refractivity contribution in [3.05, 3.63) is 48.4 Å². The van der Waals surface area contributed by atoms with Crippen LogP contribution in [0.5, 0.6) is 0 Å². The number of H-pyrrole nitrogens is 1. The van der Waals surface area contributed by atoms with Gasteiger partial charge in [-0.1, -0.05) is 35.8 Å². The molecule has 1 atom stereocenters. The number of rotatable bonds is 6. The number of hydrogen-bond acceptors (Lipinski definition) is 5. The third kappa shape index (κ3) is 5.76. The quantitative estimate of drug-likeness (QED) is 0.469. The Balaban J connectivity index is 1.49. The second-order valence-corrected chi connectivity index (χ2v) is 11.6. The van der Waals surface area contributed by atoms with Crippen molar-refractivity contribution in [2.75, 3.05) is 6.54 Å². The maximum absolute atomic E-state index is 12.7. The smallest absolute Gasteiger partial charge is 0.410 e. The van der Waals surface area contributed by atoms with Gasteiger partial charge in [-0.05, 0) is 78.1 Å². The molecule has 4 rings (SSSR count). The lowest BCUT2D eigenvalue weighted by molar-refractivity contribution is -0.0893. The average molecular weight is 490 g/mol. The SMILES string of the molecule is CC(C)(C)OC(=O)N1CCC[C@H]1c1ncc(-c2ccc3cc([B]OC(C)(C)C(C)(C)O)ccc3c2)[nH]1. The van der Waals surface area contributed by atoms with E-state index in [4.69, 9.17) is 9.39 Å². The number of amides is 1. The van der Waals surface area contributed by atoms with Gasteiger partial charge in [-0.2, -0.15) is 0 Å². The Morgan fingerprint density at radius 3 is 2.47 bits per heavy atom. The summed E-state index contributed by atoms with van der Waals surface area (Å²) in [5.41, 5.74) is 0.648. The number of fused-ring (bicyclic) bond motifs is 1. The first-order chi connectivity index (χ1) is 16.7. The molecule has 1 aromatic heterocycles. The Kier molecular flexibility index (Phi) is 6.97. The number of hydrogen-bond donors (Lipinski definition) is 2. The van der Waals surface area contributed by atoms with Gasteiger partial charge in [0.05, 0.1) is 29.1 Å². The molecule has 1 fully saturated rings. The number of nitrogens with one attached hydrogen (secondary N) is 1. The highest BCUT2D eigenvalue weighted by Gasteiger charge is 2.36. The third-order valence-electron chi connectivity index (χ3n) is 6.93. The number of nitrogens with zero attached hydrogens (tertiary/aromatic N) is 2. The molecule has 1 aliphatic heterocycles. The van der Waals surface area contributed by atoms with Gasteiger partial charge < -0.3 is 19.5 Å². The molecular formula is C28H37BN3O4. The summed E-state index contributed by atoms with van der Waals surface area (Å²) < 4.78 is 11.5. The minimum Gasteiger partial charge on any atom is -0.444 e. The second-order valence-electron chi connectivity index (χ2n) is 11.6. The van der Waals surface area contributed by atoms with Crippen LogP contribution in [-0.2, 0) is 9.39 Å². The molecule has 0 unspecified atom stereocenters. The molecule has 3 aromatic rings. The largest absolute Gasteiger partial charge is 0.444 e. The van der Waals surface area contributed by atoms with Crippen LogP contribution >= 0.6 is 0 Å². The number of carbonyl (C=O) groups excluding carboxylic acids is 1. The first-order valence-corrected chi connectivity index (χ1v) is 12.6. The van der Waals surface area contributed by atoms with Gasteiger partial charge >= 0.3 is 13.6 Å². The third-order valence-corrected chi connectivity index (χ3v) is 6.93. The first-order valence-electron chi connectivity index (χ1n) is 12.6. The molecule has 0 saturated carbocycles. The molecule has 8 heteroatoms. The van der Waals surface area contributed by atoms with Gasteiger partial charge in [-0.15, -0.1) is 0 Å². The molecule has 1 amide bonds. The zero-order valence-electron chi connectivity index (χ0n) is 22.4. The number of imidazole rings is 1. The van der Waals surface area contributed by atoms with Gasteiger partial charge in [0.2, 0.25) is 0 Å². The molecule has 1 radical (unpaired) electrons. The Hall–Kier alpha value is -2.84. The number of benzene rings is 2. The molecule has 1 saturated heterocycles. The van der Waals surface area contributed by atoms with Crippen LogP contribution in [0.25, 0.3) is 22.0 Å². The average Bonchev–Trinajstić information content (AvgIpc) is 3.45. The van der Waals surface area contributed by atoms with Crippen LogP contribution in [0.15, 0.2) is 42.6 Å². The van der Waals surface area contributed by atoms with Crippen LogP contribution in [0.1, 0.15) is 73.2 Å². The van der Waals surface area contributed by atoms with Crippen molar-refractivity contribution < 1.29 is 19.3 Å². The lowest BCUT2D eigenvalue weighted by Gasteiger charge is -2.37. The highest BCUT2D eigenvalue weighted by Crippen LogP contribution is 2.33. The van der Waals surface area contributed by atoms with Crippen molar-refractivity contribution in [3.63, 3.8) is 0 Å². The minimum absolute atomic E-state index is 0.111. The highest BCUT2D eigenvalue weighted by molar-refractivity contribution is 6.47. The van der Waals surface area contributed by atoms with Gasteiger partial charge in [-0.3, -0.25) is 4.90 Å². The van der Waals surface area contributed by atoms with E-state index in [0.717, 1.165) is 46.2 Å². The Morgan fingerprint density at radius 2 is 1.78 bits per heavy atom. The number of carbonyl (C=O) groups is 1. The fourth-order valence-corrected chi connectivity index (χ4v) is 4.11. The maximum atomic E-state index is 12.7. The van der Waals surface area contributed by atoms with Crippen LogP contribution in [0, 0.1) is 0 Å². The Labute approximate surface area is 214 Å². The number of aromatic amines is 1. The monoisotopic (exact) mass is 490 g/mol. The summed E-state index contributed by atoms with van der Waals surface area (Å²) in [7, 11) is 1.70. The fraction of sp³-hybridized carbons (Fsp3) is 0.500. The summed E-state index contributed by atoms with van der Waals surface area (Å²) in [4.78, 5) is 22.5. The van der Waals surface area contributed by atoms with Crippen LogP contribution in [-0.4, -0.2) is 56.9 Å². The fourth-order valence-electron chi connectivity index (χ4n) is 4.11. The van der Waals surface area contributed by atoms with Gasteiger partial charge in [0.25, 0.3) is 0 Å². The number of aliphatic hydroxyl groups is 1. The zero-order valence-corrected chi connectivity index (χ0v) is 22.4. The van der Waals surface area contributed by atoms with E-state index in [-0.39, 0.29) is 12.1 Å². The van der Waals surface area contributed by atoms with E-state index < -0.39 is 16.8 Å². The molecule has 2 heterocycles. The summed E-state index contributed by atoms with van der Waals surface area (Å²) in [6.07, 6.45) is 3.31. The molecule has 7 nitrogen and oxygen atoms in total. The molecule has 0 spiro atoms. The van der Waals surface area contributed by atoms with Gasteiger partial charge in [0, 0.05) is 12.1 Å². The van der Waals surface area contributed by atoms with Crippen molar-refractivity contribution in [2.24, 2.45) is 0 Å². The van der Waals surface area contributed by atoms with Crippen molar-refractivity contribution in [2.45, 2.75) is 84.2 Å². The summed E-state index contributed by atoms with van der Waals surface area (Å²) in [5, 5.41) is 12.5. The Bertz CT molecular complexity index is 1240. The zero-order chi connectivity index (χ0) is 26.3. The summed E-state index contributed by atoms with van der Waals surface area (Å²) >= 11 is 0. The number of ether oxygens (including phenoxy) is 1. The number of aromatic nitrogens is 2. The minimum atomic E-state index is -0.972. The summed E-state index contributed by atoms with van der Waals surface area (Å²) in [5.74, 6) is 0.782. The van der Waals surface area contributed by atoms with Gasteiger partial charge in [-0.25, -0.2) is 9.78 Å². The van der Waals surface area contributed by atoms with E-state index in [9.17, 15) is 9.90 Å². The van der Waals surface area contributed by atoms with E-state index in [0.29, 0.717) is 6.54 Å². The topological polar surface area (TPSA) is 87.7 Å². The lowest BCUT2D eigenvalue weighted by atomic mass is 9.82.